The Balaban J connectivity index is 2.57. The van der Waals surface area contributed by atoms with Crippen molar-refractivity contribution in [2.45, 2.75) is 19.4 Å². The smallest absolute Gasteiger partial charge is 0.0406 e. The van der Waals surface area contributed by atoms with Crippen molar-refractivity contribution in [2.75, 3.05) is 6.54 Å². The van der Waals surface area contributed by atoms with Gasteiger partial charge in [-0.05, 0) is 30.7 Å². The van der Waals surface area contributed by atoms with Gasteiger partial charge in [0.25, 0.3) is 0 Å². The second-order valence-corrected chi connectivity index (χ2v) is 3.67. The van der Waals surface area contributed by atoms with Crippen LogP contribution in [0.3, 0.4) is 0 Å². The Labute approximate surface area is 90.8 Å². The second kappa shape index (κ2) is 5.84. The van der Waals surface area contributed by atoms with Crippen molar-refractivity contribution in [3.8, 4) is 0 Å². The molecule has 0 aliphatic rings. The molecule has 1 aromatic carbocycles. The van der Waals surface area contributed by atoms with Crippen LogP contribution in [-0.2, 0) is 6.42 Å². The maximum absolute atomic E-state index is 5.81. The molecule has 14 heavy (non-hydrogen) atoms. The van der Waals surface area contributed by atoms with Gasteiger partial charge in [0.15, 0.2) is 0 Å². The van der Waals surface area contributed by atoms with E-state index in [0.29, 0.717) is 6.04 Å². The monoisotopic (exact) mass is 209 g/mol. The van der Waals surface area contributed by atoms with Gasteiger partial charge in [-0.1, -0.05) is 36.7 Å². The molecule has 76 valence electrons. The number of halogens is 1. The maximum Gasteiger partial charge on any atom is 0.0406 e. The summed E-state index contributed by atoms with van der Waals surface area (Å²) in [4.78, 5) is 0. The van der Waals surface area contributed by atoms with E-state index in [-0.39, 0.29) is 0 Å². The Morgan fingerprint density at radius 1 is 1.43 bits per heavy atom. The number of nitrogens with one attached hydrogen (secondary N) is 1. The molecule has 0 bridgehead atoms. The average molecular weight is 210 g/mol. The van der Waals surface area contributed by atoms with E-state index in [1.54, 1.807) is 0 Å². The molecule has 0 radical (unpaired) electrons. The lowest BCUT2D eigenvalue weighted by atomic mass is 10.1. The third-order valence-electron chi connectivity index (χ3n) is 2.12. The minimum Gasteiger partial charge on any atom is -0.310 e. The Bertz CT molecular complexity index is 279. The van der Waals surface area contributed by atoms with Crippen LogP contribution in [0.25, 0.3) is 0 Å². The van der Waals surface area contributed by atoms with Gasteiger partial charge in [-0.25, -0.2) is 0 Å². The molecule has 0 aliphatic heterocycles. The zero-order chi connectivity index (χ0) is 10.4. The topological polar surface area (TPSA) is 12.0 Å². The van der Waals surface area contributed by atoms with Gasteiger partial charge in [-0.15, -0.1) is 6.58 Å². The van der Waals surface area contributed by atoms with Crippen molar-refractivity contribution in [3.63, 3.8) is 0 Å². The molecule has 0 spiro atoms. The van der Waals surface area contributed by atoms with Crippen LogP contribution in [0.4, 0.5) is 0 Å². The van der Waals surface area contributed by atoms with Gasteiger partial charge in [0.1, 0.15) is 0 Å². The fourth-order valence-electron chi connectivity index (χ4n) is 1.38. The van der Waals surface area contributed by atoms with Gasteiger partial charge < -0.3 is 5.32 Å². The molecule has 0 aromatic heterocycles. The summed E-state index contributed by atoms with van der Waals surface area (Å²) in [7, 11) is 0. The molecule has 1 nitrogen and oxygen atoms in total. The van der Waals surface area contributed by atoms with Crippen LogP contribution >= 0.6 is 11.6 Å². The van der Waals surface area contributed by atoms with Gasteiger partial charge in [0.2, 0.25) is 0 Å². The minimum absolute atomic E-state index is 0.348. The van der Waals surface area contributed by atoms with E-state index in [1.165, 1.54) is 5.56 Å². The van der Waals surface area contributed by atoms with Crippen molar-refractivity contribution in [2.24, 2.45) is 0 Å². The van der Waals surface area contributed by atoms with E-state index < -0.39 is 0 Å². The summed E-state index contributed by atoms with van der Waals surface area (Å²) in [5, 5.41) is 4.13. The maximum atomic E-state index is 5.81. The van der Waals surface area contributed by atoms with Crippen LogP contribution in [-0.4, -0.2) is 12.6 Å². The van der Waals surface area contributed by atoms with Crippen molar-refractivity contribution in [1.82, 2.24) is 5.32 Å². The van der Waals surface area contributed by atoms with E-state index in [0.717, 1.165) is 18.0 Å². The SMILES string of the molecule is C=CC(Cc1ccc(Cl)cc1)NCC. The number of likely N-dealkylation sites (N-methyl/N-ethyl adjacent to an activating group) is 1. The summed E-state index contributed by atoms with van der Waals surface area (Å²) >= 11 is 5.81. The first-order valence-corrected chi connectivity index (χ1v) is 5.24. The quantitative estimate of drug-likeness (QED) is 0.736. The first-order valence-electron chi connectivity index (χ1n) is 4.86. The first-order chi connectivity index (χ1) is 6.76. The standard InChI is InChI=1S/C12H16ClN/c1-3-12(14-4-2)9-10-5-7-11(13)8-6-10/h3,5-8,12,14H,1,4,9H2,2H3. The molecule has 2 heteroatoms. The summed E-state index contributed by atoms with van der Waals surface area (Å²) in [5.74, 6) is 0. The highest BCUT2D eigenvalue weighted by Crippen LogP contribution is 2.11. The zero-order valence-corrected chi connectivity index (χ0v) is 9.22. The molecule has 0 saturated carbocycles. The lowest BCUT2D eigenvalue weighted by Gasteiger charge is -2.12. The van der Waals surface area contributed by atoms with E-state index in [9.17, 15) is 0 Å². The summed E-state index contributed by atoms with van der Waals surface area (Å²) in [5.41, 5.74) is 1.28. The summed E-state index contributed by atoms with van der Waals surface area (Å²) in [6, 6.07) is 8.29. The molecular formula is C12H16ClN. The second-order valence-electron chi connectivity index (χ2n) is 3.23. The number of benzene rings is 1. The normalized spacial score (nSPS) is 12.4. The molecule has 0 fully saturated rings. The number of hydrogen-bond donors (Lipinski definition) is 1. The van der Waals surface area contributed by atoms with Crippen LogP contribution < -0.4 is 5.32 Å². The van der Waals surface area contributed by atoms with Crippen molar-refractivity contribution in [1.29, 1.82) is 0 Å². The fourth-order valence-corrected chi connectivity index (χ4v) is 1.50. The predicted octanol–water partition coefficient (Wildman–Crippen LogP) is 3.05. The zero-order valence-electron chi connectivity index (χ0n) is 8.46. The van der Waals surface area contributed by atoms with E-state index in [2.05, 4.69) is 31.0 Å². The van der Waals surface area contributed by atoms with E-state index in [1.807, 2.05) is 18.2 Å². The van der Waals surface area contributed by atoms with Crippen molar-refractivity contribution in [3.05, 3.63) is 47.5 Å². The predicted molar refractivity (Wildman–Crippen MR) is 62.8 cm³/mol. The van der Waals surface area contributed by atoms with Crippen molar-refractivity contribution >= 4 is 11.6 Å². The lowest BCUT2D eigenvalue weighted by Crippen LogP contribution is -2.28. The van der Waals surface area contributed by atoms with E-state index >= 15 is 0 Å². The Hall–Kier alpha value is -0.790. The van der Waals surface area contributed by atoms with Crippen LogP contribution in [0, 0.1) is 0 Å². The Morgan fingerprint density at radius 2 is 2.07 bits per heavy atom. The molecule has 1 aromatic rings. The molecule has 0 heterocycles. The molecule has 1 atom stereocenters. The summed E-state index contributed by atoms with van der Waals surface area (Å²) in [6.07, 6.45) is 2.91. The fraction of sp³-hybridized carbons (Fsp3) is 0.333. The molecular weight excluding hydrogens is 194 g/mol. The van der Waals surface area contributed by atoms with Gasteiger partial charge in [0, 0.05) is 11.1 Å². The van der Waals surface area contributed by atoms with Crippen molar-refractivity contribution < 1.29 is 0 Å². The largest absolute Gasteiger partial charge is 0.310 e. The highest BCUT2D eigenvalue weighted by molar-refractivity contribution is 6.30. The van der Waals surface area contributed by atoms with E-state index in [4.69, 9.17) is 11.6 Å². The van der Waals surface area contributed by atoms with Crippen LogP contribution in [0.2, 0.25) is 5.02 Å². The Morgan fingerprint density at radius 3 is 2.57 bits per heavy atom. The van der Waals surface area contributed by atoms with Crippen LogP contribution in [0.15, 0.2) is 36.9 Å². The molecule has 1 rings (SSSR count). The number of hydrogen-bond acceptors (Lipinski definition) is 1. The van der Waals surface area contributed by atoms with Gasteiger partial charge in [-0.2, -0.15) is 0 Å². The first kappa shape index (κ1) is 11.3. The minimum atomic E-state index is 0.348. The molecule has 0 aliphatic carbocycles. The van der Waals surface area contributed by atoms with Gasteiger partial charge in [0.05, 0.1) is 0 Å². The third kappa shape index (κ3) is 3.52. The summed E-state index contributed by atoms with van der Waals surface area (Å²) < 4.78 is 0. The molecule has 0 amide bonds. The molecule has 1 N–H and O–H groups in total. The third-order valence-corrected chi connectivity index (χ3v) is 2.37. The average Bonchev–Trinajstić information content (AvgIpc) is 2.20. The Kier molecular flexibility index (Phi) is 4.71. The summed E-state index contributed by atoms with van der Waals surface area (Å²) in [6.45, 7) is 6.86. The van der Waals surface area contributed by atoms with Gasteiger partial charge >= 0.3 is 0 Å². The van der Waals surface area contributed by atoms with Crippen LogP contribution in [0.1, 0.15) is 12.5 Å². The van der Waals surface area contributed by atoms with Crippen LogP contribution in [0.5, 0.6) is 0 Å². The number of rotatable bonds is 5. The highest BCUT2D eigenvalue weighted by Gasteiger charge is 2.02. The lowest BCUT2D eigenvalue weighted by molar-refractivity contribution is 0.613. The highest BCUT2D eigenvalue weighted by atomic mass is 35.5. The molecule has 0 saturated heterocycles. The molecule has 1 unspecified atom stereocenters. The van der Waals surface area contributed by atoms with Gasteiger partial charge in [-0.3, -0.25) is 0 Å².